The van der Waals surface area contributed by atoms with Crippen LogP contribution in [0.15, 0.2) is 12.1 Å². The Bertz CT molecular complexity index is 469. The molecular formula is C16H23NO3. The van der Waals surface area contributed by atoms with E-state index in [9.17, 15) is 0 Å². The van der Waals surface area contributed by atoms with Gasteiger partial charge in [0, 0.05) is 18.2 Å². The van der Waals surface area contributed by atoms with E-state index in [1.54, 1.807) is 0 Å². The molecule has 1 heterocycles. The first-order chi connectivity index (χ1) is 9.72. The molecule has 1 saturated carbocycles. The molecule has 0 unspecified atom stereocenters. The van der Waals surface area contributed by atoms with Crippen molar-refractivity contribution in [3.05, 3.63) is 17.7 Å². The van der Waals surface area contributed by atoms with Crippen molar-refractivity contribution in [2.24, 2.45) is 11.8 Å². The minimum absolute atomic E-state index is 0.306. The van der Waals surface area contributed by atoms with Crippen LogP contribution in [0.3, 0.4) is 0 Å². The average molecular weight is 277 g/mol. The number of rotatable bonds is 7. The summed E-state index contributed by atoms with van der Waals surface area (Å²) in [4.78, 5) is 0. The lowest BCUT2D eigenvalue weighted by molar-refractivity contribution is 0.173. The molecule has 1 fully saturated rings. The number of benzene rings is 1. The van der Waals surface area contributed by atoms with Gasteiger partial charge in [0.05, 0.1) is 6.61 Å². The van der Waals surface area contributed by atoms with Crippen LogP contribution in [-0.2, 0) is 6.54 Å². The van der Waals surface area contributed by atoms with Gasteiger partial charge >= 0.3 is 0 Å². The van der Waals surface area contributed by atoms with Crippen molar-refractivity contribution in [1.29, 1.82) is 0 Å². The zero-order chi connectivity index (χ0) is 13.9. The predicted molar refractivity (Wildman–Crippen MR) is 77.3 cm³/mol. The second-order valence-corrected chi connectivity index (χ2v) is 6.09. The van der Waals surface area contributed by atoms with Gasteiger partial charge in [-0.3, -0.25) is 0 Å². The molecule has 1 N–H and O–H groups in total. The maximum Gasteiger partial charge on any atom is 0.231 e. The summed E-state index contributed by atoms with van der Waals surface area (Å²) in [6, 6.07) is 4.01. The van der Waals surface area contributed by atoms with E-state index in [1.165, 1.54) is 12.8 Å². The molecule has 1 aromatic rings. The van der Waals surface area contributed by atoms with Crippen molar-refractivity contribution >= 4 is 0 Å². The largest absolute Gasteiger partial charge is 0.493 e. The number of hydrogen-bond acceptors (Lipinski definition) is 4. The van der Waals surface area contributed by atoms with Crippen LogP contribution in [0.4, 0.5) is 0 Å². The van der Waals surface area contributed by atoms with Gasteiger partial charge in [0.2, 0.25) is 6.79 Å². The maximum absolute atomic E-state index is 5.97. The second-order valence-electron chi connectivity index (χ2n) is 6.09. The van der Waals surface area contributed by atoms with Crippen LogP contribution in [0.2, 0.25) is 0 Å². The van der Waals surface area contributed by atoms with Gasteiger partial charge in [-0.05, 0) is 37.3 Å². The maximum atomic E-state index is 5.97. The van der Waals surface area contributed by atoms with Gasteiger partial charge in [-0.15, -0.1) is 0 Å². The zero-order valence-corrected chi connectivity index (χ0v) is 12.3. The lowest BCUT2D eigenvalue weighted by Gasteiger charge is -2.14. The van der Waals surface area contributed by atoms with Gasteiger partial charge in [-0.2, -0.15) is 0 Å². The fraction of sp³-hybridized carbons (Fsp3) is 0.625. The molecule has 20 heavy (non-hydrogen) atoms. The molecule has 1 aliphatic carbocycles. The Balaban J connectivity index is 1.70. The van der Waals surface area contributed by atoms with Crippen LogP contribution in [-0.4, -0.2) is 19.9 Å². The molecule has 2 aliphatic rings. The lowest BCUT2D eigenvalue weighted by Crippen LogP contribution is -2.19. The van der Waals surface area contributed by atoms with E-state index >= 15 is 0 Å². The van der Waals surface area contributed by atoms with Crippen LogP contribution < -0.4 is 19.5 Å². The third-order valence-electron chi connectivity index (χ3n) is 3.60. The fourth-order valence-corrected chi connectivity index (χ4v) is 2.23. The van der Waals surface area contributed by atoms with E-state index in [0.717, 1.165) is 48.4 Å². The minimum Gasteiger partial charge on any atom is -0.493 e. The molecule has 0 saturated heterocycles. The van der Waals surface area contributed by atoms with Crippen molar-refractivity contribution < 1.29 is 14.2 Å². The molecular weight excluding hydrogens is 254 g/mol. The van der Waals surface area contributed by atoms with E-state index in [0.29, 0.717) is 12.7 Å². The standard InChI is InChI=1S/C16H23NO3/c1-11(2)7-17-8-13-5-15-16(20-10-19-15)6-14(13)18-9-12-3-4-12/h5-6,11-12,17H,3-4,7-10H2,1-2H3. The highest BCUT2D eigenvalue weighted by Gasteiger charge is 2.24. The van der Waals surface area contributed by atoms with Crippen LogP contribution >= 0.6 is 0 Å². The highest BCUT2D eigenvalue weighted by molar-refractivity contribution is 5.51. The van der Waals surface area contributed by atoms with Crippen LogP contribution in [0, 0.1) is 11.8 Å². The summed E-state index contributed by atoms with van der Waals surface area (Å²) in [6.07, 6.45) is 2.59. The van der Waals surface area contributed by atoms with Gasteiger partial charge in [-0.25, -0.2) is 0 Å². The molecule has 110 valence electrons. The monoisotopic (exact) mass is 277 g/mol. The number of fused-ring (bicyclic) bond motifs is 1. The van der Waals surface area contributed by atoms with E-state index in [2.05, 4.69) is 19.2 Å². The smallest absolute Gasteiger partial charge is 0.231 e. The Morgan fingerprint density at radius 1 is 1.25 bits per heavy atom. The molecule has 0 radical (unpaired) electrons. The van der Waals surface area contributed by atoms with Gasteiger partial charge < -0.3 is 19.5 Å². The van der Waals surface area contributed by atoms with E-state index in [1.807, 2.05) is 12.1 Å². The first-order valence-electron chi connectivity index (χ1n) is 7.48. The summed E-state index contributed by atoms with van der Waals surface area (Å²) in [6.45, 7) is 7.33. The third-order valence-corrected chi connectivity index (χ3v) is 3.60. The Labute approximate surface area is 120 Å². The molecule has 3 rings (SSSR count). The van der Waals surface area contributed by atoms with Crippen LogP contribution in [0.5, 0.6) is 17.2 Å². The lowest BCUT2D eigenvalue weighted by atomic mass is 10.1. The van der Waals surface area contributed by atoms with Gasteiger partial charge in [0.1, 0.15) is 5.75 Å². The molecule has 0 spiro atoms. The molecule has 4 heteroatoms. The molecule has 0 amide bonds. The van der Waals surface area contributed by atoms with Crippen molar-refractivity contribution in [2.75, 3.05) is 19.9 Å². The highest BCUT2D eigenvalue weighted by Crippen LogP contribution is 2.39. The Morgan fingerprint density at radius 2 is 2.00 bits per heavy atom. The first kappa shape index (κ1) is 13.6. The van der Waals surface area contributed by atoms with Gasteiger partial charge in [0.15, 0.2) is 11.5 Å². The van der Waals surface area contributed by atoms with Gasteiger partial charge in [-0.1, -0.05) is 13.8 Å². The summed E-state index contributed by atoms with van der Waals surface area (Å²) >= 11 is 0. The summed E-state index contributed by atoms with van der Waals surface area (Å²) in [5.41, 5.74) is 1.15. The summed E-state index contributed by atoms with van der Waals surface area (Å²) < 4.78 is 16.9. The zero-order valence-electron chi connectivity index (χ0n) is 12.3. The Morgan fingerprint density at radius 3 is 2.70 bits per heavy atom. The second kappa shape index (κ2) is 5.92. The number of hydrogen-bond donors (Lipinski definition) is 1. The Kier molecular flexibility index (Phi) is 4.01. The van der Waals surface area contributed by atoms with Crippen molar-refractivity contribution in [3.8, 4) is 17.2 Å². The van der Waals surface area contributed by atoms with Crippen molar-refractivity contribution in [3.63, 3.8) is 0 Å². The summed E-state index contributed by atoms with van der Waals surface area (Å²) in [5.74, 6) is 3.93. The number of nitrogens with one attached hydrogen (secondary N) is 1. The van der Waals surface area contributed by atoms with Crippen molar-refractivity contribution in [1.82, 2.24) is 5.32 Å². The molecule has 0 atom stereocenters. The molecule has 1 aromatic carbocycles. The first-order valence-corrected chi connectivity index (χ1v) is 7.48. The molecule has 0 aromatic heterocycles. The number of ether oxygens (including phenoxy) is 3. The van der Waals surface area contributed by atoms with Crippen molar-refractivity contribution in [2.45, 2.75) is 33.2 Å². The van der Waals surface area contributed by atoms with E-state index in [-0.39, 0.29) is 0 Å². The predicted octanol–water partition coefficient (Wildman–Crippen LogP) is 2.95. The molecule has 1 aliphatic heterocycles. The Hall–Kier alpha value is -1.42. The fourth-order valence-electron chi connectivity index (χ4n) is 2.23. The van der Waals surface area contributed by atoms with E-state index in [4.69, 9.17) is 14.2 Å². The van der Waals surface area contributed by atoms with Gasteiger partial charge in [0.25, 0.3) is 0 Å². The topological polar surface area (TPSA) is 39.7 Å². The summed E-state index contributed by atoms with van der Waals surface area (Å²) in [5, 5.41) is 3.46. The third kappa shape index (κ3) is 3.37. The SMILES string of the molecule is CC(C)CNCc1cc2c(cc1OCC1CC1)OCO2. The van der Waals surface area contributed by atoms with Crippen LogP contribution in [0.1, 0.15) is 32.3 Å². The minimum atomic E-state index is 0.306. The normalized spacial score (nSPS) is 16.8. The average Bonchev–Trinajstić information content (AvgIpc) is 3.13. The van der Waals surface area contributed by atoms with Crippen LogP contribution in [0.25, 0.3) is 0 Å². The highest BCUT2D eigenvalue weighted by atomic mass is 16.7. The van der Waals surface area contributed by atoms with E-state index < -0.39 is 0 Å². The molecule has 0 bridgehead atoms. The molecule has 4 nitrogen and oxygen atoms in total. The quantitative estimate of drug-likeness (QED) is 0.832. The summed E-state index contributed by atoms with van der Waals surface area (Å²) in [7, 11) is 0.